The van der Waals surface area contributed by atoms with Crippen LogP contribution in [0.1, 0.15) is 22.6 Å². The highest BCUT2D eigenvalue weighted by Gasteiger charge is 1.98. The molecule has 0 saturated carbocycles. The van der Waals surface area contributed by atoms with Gasteiger partial charge in [-0.2, -0.15) is 0 Å². The molecular weight excluding hydrogens is 138 g/mol. The number of hydrogen-bond donors (Lipinski definition) is 1. The molecule has 11 heavy (non-hydrogen) atoms. The third-order valence-electron chi connectivity index (χ3n) is 1.50. The molecule has 2 heteroatoms. The first kappa shape index (κ1) is 4.78. The number of methoxy groups -OCH3 is 1. The van der Waals surface area contributed by atoms with Crippen LogP contribution in [0.3, 0.4) is 0 Å². The zero-order chi connectivity index (χ0) is 10.8. The molecule has 0 aliphatic heterocycles. The van der Waals surface area contributed by atoms with Gasteiger partial charge in [-0.3, -0.25) is 0 Å². The van der Waals surface area contributed by atoms with Gasteiger partial charge in [-0.15, -0.1) is 0 Å². The monoisotopic (exact) mass is 154 g/mol. The summed E-state index contributed by atoms with van der Waals surface area (Å²) in [6.45, 7) is 1.83. The van der Waals surface area contributed by atoms with Gasteiger partial charge < -0.3 is 10.5 Å². The van der Waals surface area contributed by atoms with Gasteiger partial charge in [-0.25, -0.2) is 0 Å². The van der Waals surface area contributed by atoms with E-state index in [-0.39, 0.29) is 6.04 Å². The van der Waals surface area contributed by atoms with E-state index in [0.717, 1.165) is 5.56 Å². The third-order valence-corrected chi connectivity index (χ3v) is 1.50. The lowest BCUT2D eigenvalue weighted by atomic mass is 10.1. The maximum absolute atomic E-state index is 6.93. The van der Waals surface area contributed by atoms with Crippen molar-refractivity contribution in [1.29, 1.82) is 0 Å². The number of ether oxygens (including phenoxy) is 1. The van der Waals surface area contributed by atoms with Gasteiger partial charge in [-0.1, -0.05) is 12.1 Å². The van der Waals surface area contributed by atoms with Crippen molar-refractivity contribution in [1.82, 2.24) is 0 Å². The lowest BCUT2D eigenvalue weighted by Crippen LogP contribution is -2.04. The predicted octanol–water partition coefficient (Wildman–Crippen LogP) is 1.71. The fourth-order valence-electron chi connectivity index (χ4n) is 0.861. The molecule has 0 spiro atoms. The molecule has 2 N–H and O–H groups in total. The molecule has 60 valence electrons. The van der Waals surface area contributed by atoms with Gasteiger partial charge in [-0.05, 0) is 24.6 Å². The molecule has 0 amide bonds. The van der Waals surface area contributed by atoms with Crippen LogP contribution in [0.25, 0.3) is 0 Å². The number of rotatable bonds is 2. The minimum Gasteiger partial charge on any atom is -0.497 e. The number of hydrogen-bond acceptors (Lipinski definition) is 2. The summed E-state index contributed by atoms with van der Waals surface area (Å²) in [4.78, 5) is 0. The lowest BCUT2D eigenvalue weighted by Gasteiger charge is -2.06. The van der Waals surface area contributed by atoms with Gasteiger partial charge in [0.2, 0.25) is 0 Å². The second-order valence-corrected chi connectivity index (χ2v) is 2.46. The molecule has 0 heterocycles. The summed E-state index contributed by atoms with van der Waals surface area (Å²) >= 11 is 0. The van der Waals surface area contributed by atoms with Crippen LogP contribution in [0.4, 0.5) is 0 Å². The van der Waals surface area contributed by atoms with Gasteiger partial charge >= 0.3 is 0 Å². The largest absolute Gasteiger partial charge is 0.497 e. The van der Waals surface area contributed by atoms with Crippen molar-refractivity contribution in [3.63, 3.8) is 0 Å². The van der Waals surface area contributed by atoms with E-state index >= 15 is 0 Å². The van der Waals surface area contributed by atoms with E-state index in [4.69, 9.17) is 14.6 Å². The van der Waals surface area contributed by atoms with Crippen molar-refractivity contribution in [2.24, 2.45) is 5.73 Å². The van der Waals surface area contributed by atoms with Crippen molar-refractivity contribution in [2.75, 3.05) is 7.04 Å². The van der Waals surface area contributed by atoms with Crippen LogP contribution in [-0.2, 0) is 0 Å². The molecule has 0 aromatic heterocycles. The zero-order valence-electron chi connectivity index (χ0n) is 9.37. The molecule has 0 radical (unpaired) electrons. The van der Waals surface area contributed by atoms with E-state index in [0.29, 0.717) is 5.75 Å². The van der Waals surface area contributed by atoms with Crippen LogP contribution in [0.15, 0.2) is 24.3 Å². The molecule has 1 aromatic rings. The Bertz CT molecular complexity index is 309. The molecule has 0 fully saturated rings. The van der Waals surface area contributed by atoms with Gasteiger partial charge in [0, 0.05) is 6.04 Å². The van der Waals surface area contributed by atoms with Gasteiger partial charge in [0.15, 0.2) is 0 Å². The number of nitrogens with two attached hydrogens (primary N) is 1. The zero-order valence-corrected chi connectivity index (χ0v) is 6.37. The van der Waals surface area contributed by atoms with E-state index in [1.165, 1.54) is 0 Å². The smallest absolute Gasteiger partial charge is 0.119 e. The first-order valence-corrected chi connectivity index (χ1v) is 3.43. The molecule has 1 aromatic carbocycles. The molecule has 0 saturated heterocycles. The average Bonchev–Trinajstić information content (AvgIpc) is 2.01. The standard InChI is InChI=1S/C9H13NO/c1-7(10)8-4-3-5-9(6-8)11-2/h3-7H,10H2,1-2H3/t7-/m1/s1/i2D3. The molecule has 1 rings (SSSR count). The highest BCUT2D eigenvalue weighted by molar-refractivity contribution is 5.29. The minimum atomic E-state index is -2.41. The Balaban J connectivity index is 2.84. The highest BCUT2D eigenvalue weighted by atomic mass is 16.5. The van der Waals surface area contributed by atoms with Crippen LogP contribution in [-0.4, -0.2) is 7.04 Å². The van der Waals surface area contributed by atoms with Crippen molar-refractivity contribution >= 4 is 0 Å². The maximum Gasteiger partial charge on any atom is 0.119 e. The first-order valence-electron chi connectivity index (χ1n) is 4.93. The topological polar surface area (TPSA) is 35.2 Å². The SMILES string of the molecule is [2H]C([2H])([2H])Oc1cccc([C@@H](C)N)c1. The molecule has 0 aliphatic rings. The van der Waals surface area contributed by atoms with Crippen molar-refractivity contribution in [3.8, 4) is 5.75 Å². The summed E-state index contributed by atoms with van der Waals surface area (Å²) in [7, 11) is -2.41. The molecule has 2 nitrogen and oxygen atoms in total. The Hall–Kier alpha value is -1.02. The van der Waals surface area contributed by atoms with Crippen LogP contribution < -0.4 is 10.5 Å². The van der Waals surface area contributed by atoms with Gasteiger partial charge in [0.05, 0.1) is 11.2 Å². The Morgan fingerprint density at radius 3 is 3.09 bits per heavy atom. The van der Waals surface area contributed by atoms with Crippen LogP contribution in [0.2, 0.25) is 0 Å². The van der Waals surface area contributed by atoms with Crippen LogP contribution in [0.5, 0.6) is 5.75 Å². The van der Waals surface area contributed by atoms with E-state index in [9.17, 15) is 0 Å². The fourth-order valence-corrected chi connectivity index (χ4v) is 0.861. The lowest BCUT2D eigenvalue weighted by molar-refractivity contribution is 0.414. The molecule has 0 aliphatic carbocycles. The third kappa shape index (κ3) is 1.95. The van der Waals surface area contributed by atoms with E-state index in [1.807, 2.05) is 13.0 Å². The van der Waals surface area contributed by atoms with Gasteiger partial charge in [0.1, 0.15) is 5.75 Å². The van der Waals surface area contributed by atoms with Crippen LogP contribution >= 0.6 is 0 Å². The summed E-state index contributed by atoms with van der Waals surface area (Å²) in [5.41, 5.74) is 6.50. The van der Waals surface area contributed by atoms with E-state index in [1.54, 1.807) is 18.2 Å². The normalized spacial score (nSPS) is 17.8. The number of benzene rings is 1. The van der Waals surface area contributed by atoms with Crippen molar-refractivity contribution in [2.45, 2.75) is 13.0 Å². The molecular formula is C9H13NO. The van der Waals surface area contributed by atoms with E-state index < -0.39 is 7.04 Å². The maximum atomic E-state index is 6.93. The minimum absolute atomic E-state index is 0.129. The van der Waals surface area contributed by atoms with Gasteiger partial charge in [0.25, 0.3) is 0 Å². The Morgan fingerprint density at radius 2 is 2.45 bits per heavy atom. The molecule has 0 bridgehead atoms. The summed E-state index contributed by atoms with van der Waals surface area (Å²) < 4.78 is 25.5. The molecule has 1 atom stereocenters. The predicted molar refractivity (Wildman–Crippen MR) is 45.6 cm³/mol. The summed E-state index contributed by atoms with van der Waals surface area (Å²) in [5, 5.41) is 0. The average molecular weight is 154 g/mol. The quantitative estimate of drug-likeness (QED) is 0.704. The van der Waals surface area contributed by atoms with Crippen molar-refractivity contribution < 1.29 is 8.85 Å². The summed E-state index contributed by atoms with van der Waals surface area (Å²) in [6, 6.07) is 6.65. The Morgan fingerprint density at radius 1 is 1.64 bits per heavy atom. The summed E-state index contributed by atoms with van der Waals surface area (Å²) in [5.74, 6) is 0.319. The first-order chi connectivity index (χ1) is 6.38. The Kier molecular flexibility index (Phi) is 1.47. The molecule has 0 unspecified atom stereocenters. The van der Waals surface area contributed by atoms with E-state index in [2.05, 4.69) is 0 Å². The Labute approximate surface area is 71.2 Å². The summed E-state index contributed by atoms with van der Waals surface area (Å²) in [6.07, 6.45) is 0. The van der Waals surface area contributed by atoms with Crippen LogP contribution in [0, 0.1) is 0 Å². The second-order valence-electron chi connectivity index (χ2n) is 2.46. The second kappa shape index (κ2) is 3.39. The van der Waals surface area contributed by atoms with Crippen molar-refractivity contribution in [3.05, 3.63) is 29.8 Å². The fraction of sp³-hybridized carbons (Fsp3) is 0.333. The highest BCUT2D eigenvalue weighted by Crippen LogP contribution is 2.16.